The summed E-state index contributed by atoms with van der Waals surface area (Å²) in [5.41, 5.74) is 4.40. The fourth-order valence-corrected chi connectivity index (χ4v) is 4.74. The Kier molecular flexibility index (Phi) is 9.75. The molecule has 0 radical (unpaired) electrons. The number of carboxylic acids is 1. The van der Waals surface area contributed by atoms with E-state index in [1.54, 1.807) is 14.1 Å². The molecule has 0 aliphatic rings. The van der Waals surface area contributed by atoms with Crippen LogP contribution in [0.25, 0.3) is 22.5 Å². The number of likely N-dealkylation sites (N-methyl/N-ethyl adjacent to an activating group) is 1. The highest BCUT2D eigenvalue weighted by molar-refractivity contribution is 6.30. The van der Waals surface area contributed by atoms with Crippen LogP contribution in [0.5, 0.6) is 0 Å². The van der Waals surface area contributed by atoms with Crippen molar-refractivity contribution in [3.63, 3.8) is 0 Å². The van der Waals surface area contributed by atoms with E-state index >= 15 is 0 Å². The molecule has 0 aliphatic heterocycles. The van der Waals surface area contributed by atoms with Gasteiger partial charge in [0.2, 0.25) is 5.82 Å². The Morgan fingerprint density at radius 3 is 2.50 bits per heavy atom. The van der Waals surface area contributed by atoms with Crippen LogP contribution in [0, 0.1) is 0 Å². The van der Waals surface area contributed by atoms with Crippen molar-refractivity contribution < 1.29 is 19.4 Å². The molecule has 2 aromatic carbocycles. The summed E-state index contributed by atoms with van der Waals surface area (Å²) < 4.78 is 7.75. The number of aldehydes is 1. The smallest absolute Gasteiger partial charge is 0.334 e. The third-order valence-corrected chi connectivity index (χ3v) is 6.97. The van der Waals surface area contributed by atoms with Gasteiger partial charge in [-0.3, -0.25) is 4.90 Å². The van der Waals surface area contributed by atoms with Gasteiger partial charge in [-0.2, -0.15) is 5.21 Å². The van der Waals surface area contributed by atoms with Crippen molar-refractivity contribution in [3.8, 4) is 22.5 Å². The number of hydrogen-bond acceptors (Lipinski definition) is 8. The van der Waals surface area contributed by atoms with E-state index in [4.69, 9.17) is 16.3 Å². The fraction of sp³-hybridized carbons (Fsp3) is 0.357. The maximum absolute atomic E-state index is 11.9. The topological polar surface area (TPSA) is 139 Å². The molecule has 0 aliphatic carbocycles. The summed E-state index contributed by atoms with van der Waals surface area (Å²) in [6.45, 7) is 2.46. The molecule has 4 aromatic rings. The first-order chi connectivity index (χ1) is 19.3. The molecule has 0 bridgehead atoms. The summed E-state index contributed by atoms with van der Waals surface area (Å²) >= 11 is 6.55. The van der Waals surface area contributed by atoms with Crippen molar-refractivity contribution in [2.45, 2.75) is 51.5 Å². The van der Waals surface area contributed by atoms with Crippen LogP contribution in [0.4, 0.5) is 0 Å². The molecule has 0 saturated heterocycles. The van der Waals surface area contributed by atoms with Gasteiger partial charge in [-0.25, -0.2) is 9.78 Å². The van der Waals surface area contributed by atoms with Gasteiger partial charge in [-0.05, 0) is 42.4 Å². The minimum absolute atomic E-state index is 0.108. The number of rotatable bonds is 14. The standard InChI is InChI=1S/C28H32ClN7O4/c1-4-5-10-24-30-26(29)23(17-40-25(28(38)39)22(16-37)35(2)3)36(24)15-18-11-13-19(14-12-18)20-8-6-7-9-21(20)27-31-33-34-32-27/h6-9,11-14,16,22,25H,4-5,10,15,17H2,1-3H3,(H,38,39)(H,31,32,33,34)/t22?,25-/m1/s1. The molecular weight excluding hydrogens is 534 g/mol. The molecule has 12 heteroatoms. The highest BCUT2D eigenvalue weighted by atomic mass is 35.5. The van der Waals surface area contributed by atoms with Crippen LogP contribution in [-0.2, 0) is 33.9 Å². The number of aromatic nitrogens is 6. The lowest BCUT2D eigenvalue weighted by Crippen LogP contribution is -2.46. The van der Waals surface area contributed by atoms with Crippen molar-refractivity contribution in [2.75, 3.05) is 14.1 Å². The van der Waals surface area contributed by atoms with Gasteiger partial charge >= 0.3 is 5.97 Å². The summed E-state index contributed by atoms with van der Waals surface area (Å²) in [5, 5.41) is 24.4. The summed E-state index contributed by atoms with van der Waals surface area (Å²) in [6, 6.07) is 15.0. The van der Waals surface area contributed by atoms with E-state index in [2.05, 4.69) is 32.5 Å². The molecule has 210 valence electrons. The van der Waals surface area contributed by atoms with E-state index in [1.165, 1.54) is 4.90 Å². The number of carbonyl (C=O) groups is 2. The number of aliphatic carboxylic acids is 1. The van der Waals surface area contributed by atoms with E-state index in [-0.39, 0.29) is 11.8 Å². The van der Waals surface area contributed by atoms with E-state index in [1.807, 2.05) is 53.1 Å². The number of imidazole rings is 1. The fourth-order valence-electron chi connectivity index (χ4n) is 4.48. The average Bonchev–Trinajstić information content (AvgIpc) is 3.58. The Labute approximate surface area is 237 Å². The number of benzene rings is 2. The van der Waals surface area contributed by atoms with Crippen molar-refractivity contribution in [1.82, 2.24) is 35.1 Å². The number of aromatic amines is 1. The van der Waals surface area contributed by atoms with E-state index in [0.717, 1.165) is 40.9 Å². The normalized spacial score (nSPS) is 12.9. The predicted molar refractivity (Wildman–Crippen MR) is 150 cm³/mol. The van der Waals surface area contributed by atoms with Gasteiger partial charge in [0.15, 0.2) is 11.3 Å². The number of carbonyl (C=O) groups excluding carboxylic acids is 1. The second kappa shape index (κ2) is 13.4. The SMILES string of the molecule is CCCCc1nc(Cl)c(CO[C@@H](C(=O)O)C(C=O)N(C)C)n1Cc1ccc(-c2ccccc2-c2nn[nH]n2)cc1. The molecule has 2 aromatic heterocycles. The Bertz CT molecular complexity index is 1420. The number of H-pyrrole nitrogens is 1. The van der Waals surface area contributed by atoms with E-state index in [9.17, 15) is 14.7 Å². The third kappa shape index (κ3) is 6.61. The molecule has 1 unspecified atom stereocenters. The molecule has 2 heterocycles. The van der Waals surface area contributed by atoms with Crippen molar-refractivity contribution in [3.05, 3.63) is 70.8 Å². The summed E-state index contributed by atoms with van der Waals surface area (Å²) in [4.78, 5) is 29.6. The average molecular weight is 566 g/mol. The molecule has 4 rings (SSSR count). The van der Waals surface area contributed by atoms with Gasteiger partial charge in [-0.1, -0.05) is 73.5 Å². The van der Waals surface area contributed by atoms with Gasteiger partial charge in [-0.15, -0.1) is 10.2 Å². The lowest BCUT2D eigenvalue weighted by atomic mass is 9.98. The zero-order valence-electron chi connectivity index (χ0n) is 22.6. The molecule has 2 N–H and O–H groups in total. The maximum Gasteiger partial charge on any atom is 0.334 e. The number of ether oxygens (including phenoxy) is 1. The lowest BCUT2D eigenvalue weighted by molar-refractivity contribution is -0.157. The summed E-state index contributed by atoms with van der Waals surface area (Å²) in [7, 11) is 3.26. The van der Waals surface area contributed by atoms with Crippen molar-refractivity contribution in [2.24, 2.45) is 0 Å². The van der Waals surface area contributed by atoms with Crippen molar-refractivity contribution in [1.29, 1.82) is 0 Å². The zero-order valence-corrected chi connectivity index (χ0v) is 23.4. The Balaban J connectivity index is 1.61. The zero-order chi connectivity index (χ0) is 28.6. The molecule has 40 heavy (non-hydrogen) atoms. The van der Waals surface area contributed by atoms with Gasteiger partial charge in [0.05, 0.1) is 12.3 Å². The van der Waals surface area contributed by atoms with Gasteiger partial charge < -0.3 is 19.2 Å². The monoisotopic (exact) mass is 565 g/mol. The molecule has 0 spiro atoms. The number of halogens is 1. The number of aryl methyl sites for hydroxylation is 1. The van der Waals surface area contributed by atoms with Crippen LogP contribution in [0.1, 0.15) is 36.8 Å². The maximum atomic E-state index is 11.9. The van der Waals surface area contributed by atoms with Gasteiger partial charge in [0.25, 0.3) is 0 Å². The molecule has 0 fully saturated rings. The first kappa shape index (κ1) is 29.1. The van der Waals surface area contributed by atoms with Crippen LogP contribution in [-0.4, -0.2) is 78.7 Å². The predicted octanol–water partition coefficient (Wildman–Crippen LogP) is 3.87. The Morgan fingerprint density at radius 1 is 1.18 bits per heavy atom. The van der Waals surface area contributed by atoms with Gasteiger partial charge in [0, 0.05) is 18.5 Å². The second-order valence-electron chi connectivity index (χ2n) is 9.59. The van der Waals surface area contributed by atoms with Crippen LogP contribution in [0.2, 0.25) is 5.15 Å². The number of unbranched alkanes of at least 4 members (excludes halogenated alkanes) is 1. The van der Waals surface area contributed by atoms with Crippen LogP contribution in [0.3, 0.4) is 0 Å². The van der Waals surface area contributed by atoms with Crippen molar-refractivity contribution >= 4 is 23.9 Å². The molecule has 2 atom stereocenters. The second-order valence-corrected chi connectivity index (χ2v) is 9.95. The highest BCUT2D eigenvalue weighted by Crippen LogP contribution is 2.30. The van der Waals surface area contributed by atoms with Gasteiger partial charge in [0.1, 0.15) is 18.2 Å². The van der Waals surface area contributed by atoms with Crippen LogP contribution < -0.4 is 0 Å². The van der Waals surface area contributed by atoms with Crippen LogP contribution in [0.15, 0.2) is 48.5 Å². The number of tetrazole rings is 1. The molecule has 0 saturated carbocycles. The number of carboxylic acid groups (broad SMARTS) is 1. The van der Waals surface area contributed by atoms with Crippen LogP contribution >= 0.6 is 11.6 Å². The first-order valence-electron chi connectivity index (χ1n) is 13.0. The largest absolute Gasteiger partial charge is 0.479 e. The summed E-state index contributed by atoms with van der Waals surface area (Å²) in [5.74, 6) is 0.0861. The number of nitrogens with zero attached hydrogens (tertiary/aromatic N) is 6. The quantitative estimate of drug-likeness (QED) is 0.218. The van der Waals surface area contributed by atoms with E-state index < -0.39 is 18.1 Å². The number of nitrogens with one attached hydrogen (secondary N) is 1. The minimum Gasteiger partial charge on any atom is -0.479 e. The highest BCUT2D eigenvalue weighted by Gasteiger charge is 2.31. The summed E-state index contributed by atoms with van der Waals surface area (Å²) in [6.07, 6.45) is 1.83. The Hall–Kier alpha value is -3.93. The molecule has 0 amide bonds. The minimum atomic E-state index is -1.36. The Morgan fingerprint density at radius 2 is 1.90 bits per heavy atom. The molecule has 11 nitrogen and oxygen atoms in total. The number of hydrogen-bond donors (Lipinski definition) is 2. The van der Waals surface area contributed by atoms with E-state index in [0.29, 0.717) is 30.8 Å². The third-order valence-electron chi connectivity index (χ3n) is 6.66. The first-order valence-corrected chi connectivity index (χ1v) is 13.3. The lowest BCUT2D eigenvalue weighted by Gasteiger charge is -2.25. The molecular formula is C28H32ClN7O4.